The summed E-state index contributed by atoms with van der Waals surface area (Å²) in [5, 5.41) is 3.05. The third kappa shape index (κ3) is 5.69. The van der Waals surface area contributed by atoms with Crippen LogP contribution in [0.5, 0.6) is 5.88 Å². The van der Waals surface area contributed by atoms with E-state index in [0.717, 1.165) is 12.1 Å². The molecule has 0 aliphatic heterocycles. The minimum Gasteiger partial charge on any atom is -0.481 e. The standard InChI is InChI=1S/C20H26N2O2/c1-15(2)17(12-16-8-5-4-6-9-16)14-21-19(23)13-18-10-7-11-20(22-18)24-3/h4-11,15,17H,12-14H2,1-3H3,(H,21,23)/t17-/m1/s1. The van der Waals surface area contributed by atoms with Gasteiger partial charge >= 0.3 is 0 Å². The van der Waals surface area contributed by atoms with Crippen LogP contribution >= 0.6 is 0 Å². The summed E-state index contributed by atoms with van der Waals surface area (Å²) in [6.45, 7) is 5.07. The van der Waals surface area contributed by atoms with Crippen LogP contribution in [0.2, 0.25) is 0 Å². The van der Waals surface area contributed by atoms with E-state index < -0.39 is 0 Å². The van der Waals surface area contributed by atoms with Crippen molar-refractivity contribution in [2.75, 3.05) is 13.7 Å². The third-order valence-corrected chi connectivity index (χ3v) is 4.18. The van der Waals surface area contributed by atoms with E-state index in [1.54, 1.807) is 13.2 Å². The van der Waals surface area contributed by atoms with Gasteiger partial charge in [0.1, 0.15) is 0 Å². The van der Waals surface area contributed by atoms with Crippen LogP contribution in [0, 0.1) is 11.8 Å². The minimum absolute atomic E-state index is 0.00513. The van der Waals surface area contributed by atoms with Gasteiger partial charge in [-0.2, -0.15) is 0 Å². The average Bonchev–Trinajstić information content (AvgIpc) is 2.59. The van der Waals surface area contributed by atoms with E-state index in [-0.39, 0.29) is 12.3 Å². The Labute approximate surface area is 144 Å². The molecule has 0 saturated carbocycles. The lowest BCUT2D eigenvalue weighted by Gasteiger charge is -2.21. The molecule has 4 nitrogen and oxygen atoms in total. The van der Waals surface area contributed by atoms with Crippen LogP contribution in [0.4, 0.5) is 0 Å². The number of rotatable bonds is 8. The molecule has 1 amide bonds. The van der Waals surface area contributed by atoms with E-state index >= 15 is 0 Å². The quantitative estimate of drug-likeness (QED) is 0.810. The lowest BCUT2D eigenvalue weighted by molar-refractivity contribution is -0.120. The lowest BCUT2D eigenvalue weighted by atomic mass is 9.89. The number of pyridine rings is 1. The van der Waals surface area contributed by atoms with Crippen LogP contribution in [0.15, 0.2) is 48.5 Å². The first-order chi connectivity index (χ1) is 11.6. The molecule has 24 heavy (non-hydrogen) atoms. The Balaban J connectivity index is 1.87. The molecule has 0 radical (unpaired) electrons. The largest absolute Gasteiger partial charge is 0.481 e. The number of ether oxygens (including phenoxy) is 1. The van der Waals surface area contributed by atoms with Crippen LogP contribution in [0.1, 0.15) is 25.1 Å². The number of carbonyl (C=O) groups is 1. The van der Waals surface area contributed by atoms with E-state index in [1.807, 2.05) is 18.2 Å². The van der Waals surface area contributed by atoms with Gasteiger partial charge < -0.3 is 10.1 Å². The predicted molar refractivity (Wildman–Crippen MR) is 96.0 cm³/mol. The molecule has 1 aromatic carbocycles. The van der Waals surface area contributed by atoms with E-state index in [2.05, 4.69) is 48.4 Å². The van der Waals surface area contributed by atoms with Crippen molar-refractivity contribution < 1.29 is 9.53 Å². The Kier molecular flexibility index (Phi) is 6.79. The van der Waals surface area contributed by atoms with Crippen molar-refractivity contribution in [2.45, 2.75) is 26.7 Å². The van der Waals surface area contributed by atoms with Gasteiger partial charge in [-0.25, -0.2) is 4.98 Å². The monoisotopic (exact) mass is 326 g/mol. The van der Waals surface area contributed by atoms with Crippen molar-refractivity contribution in [3.63, 3.8) is 0 Å². The maximum Gasteiger partial charge on any atom is 0.226 e. The zero-order chi connectivity index (χ0) is 17.4. The summed E-state index contributed by atoms with van der Waals surface area (Å²) in [5.74, 6) is 1.44. The van der Waals surface area contributed by atoms with Gasteiger partial charge in [0.05, 0.1) is 19.2 Å². The lowest BCUT2D eigenvalue weighted by Crippen LogP contribution is -2.33. The maximum atomic E-state index is 12.2. The number of nitrogens with one attached hydrogen (secondary N) is 1. The average molecular weight is 326 g/mol. The summed E-state index contributed by atoms with van der Waals surface area (Å²) >= 11 is 0. The van der Waals surface area contributed by atoms with Gasteiger partial charge in [-0.05, 0) is 29.9 Å². The highest BCUT2D eigenvalue weighted by atomic mass is 16.5. The molecule has 1 atom stereocenters. The molecule has 0 saturated heterocycles. The highest BCUT2D eigenvalue weighted by Crippen LogP contribution is 2.16. The topological polar surface area (TPSA) is 51.2 Å². The molecule has 4 heteroatoms. The molecule has 1 heterocycles. The molecule has 2 aromatic rings. The smallest absolute Gasteiger partial charge is 0.226 e. The molecule has 0 spiro atoms. The fourth-order valence-electron chi connectivity index (χ4n) is 2.60. The Bertz CT molecular complexity index is 641. The van der Waals surface area contributed by atoms with Crippen LogP contribution < -0.4 is 10.1 Å². The van der Waals surface area contributed by atoms with Crippen molar-refractivity contribution in [3.05, 3.63) is 59.8 Å². The number of hydrogen-bond acceptors (Lipinski definition) is 3. The van der Waals surface area contributed by atoms with Crippen molar-refractivity contribution in [2.24, 2.45) is 11.8 Å². The third-order valence-electron chi connectivity index (χ3n) is 4.18. The number of aromatic nitrogens is 1. The summed E-state index contributed by atoms with van der Waals surface area (Å²) in [6, 6.07) is 15.9. The zero-order valence-electron chi connectivity index (χ0n) is 14.7. The molecule has 128 valence electrons. The van der Waals surface area contributed by atoms with Crippen LogP contribution in [0.3, 0.4) is 0 Å². The second kappa shape index (κ2) is 9.06. The molecule has 0 fully saturated rings. The molecule has 0 bridgehead atoms. The van der Waals surface area contributed by atoms with Crippen molar-refractivity contribution in [3.8, 4) is 5.88 Å². The number of hydrogen-bond donors (Lipinski definition) is 1. The summed E-state index contributed by atoms with van der Waals surface area (Å²) in [7, 11) is 1.57. The highest BCUT2D eigenvalue weighted by Gasteiger charge is 2.15. The van der Waals surface area contributed by atoms with Crippen LogP contribution in [-0.4, -0.2) is 24.5 Å². The van der Waals surface area contributed by atoms with Crippen molar-refractivity contribution >= 4 is 5.91 Å². The first kappa shape index (κ1) is 18.0. The second-order valence-electron chi connectivity index (χ2n) is 6.35. The van der Waals surface area contributed by atoms with Gasteiger partial charge in [-0.3, -0.25) is 4.79 Å². The van der Waals surface area contributed by atoms with Gasteiger partial charge in [0.25, 0.3) is 0 Å². The zero-order valence-corrected chi connectivity index (χ0v) is 14.7. The highest BCUT2D eigenvalue weighted by molar-refractivity contribution is 5.78. The van der Waals surface area contributed by atoms with Crippen molar-refractivity contribution in [1.29, 1.82) is 0 Å². The van der Waals surface area contributed by atoms with Crippen LogP contribution in [0.25, 0.3) is 0 Å². The number of benzene rings is 1. The molecule has 1 aromatic heterocycles. The molecule has 1 N–H and O–H groups in total. The SMILES string of the molecule is COc1cccc(CC(=O)NC[C@@H](Cc2ccccc2)C(C)C)n1. The Morgan fingerprint density at radius 2 is 1.88 bits per heavy atom. The van der Waals surface area contributed by atoms with Gasteiger partial charge in [-0.1, -0.05) is 50.2 Å². The van der Waals surface area contributed by atoms with Gasteiger partial charge in [0, 0.05) is 12.6 Å². The molecule has 0 unspecified atom stereocenters. The van der Waals surface area contributed by atoms with E-state index in [4.69, 9.17) is 4.74 Å². The molecular weight excluding hydrogens is 300 g/mol. The number of methoxy groups -OCH3 is 1. The molecule has 2 rings (SSSR count). The Morgan fingerprint density at radius 1 is 1.12 bits per heavy atom. The summed E-state index contributed by atoms with van der Waals surface area (Å²) in [6.07, 6.45) is 1.24. The fraction of sp³-hybridized carbons (Fsp3) is 0.400. The normalized spacial score (nSPS) is 12.0. The van der Waals surface area contributed by atoms with Gasteiger partial charge in [0.2, 0.25) is 11.8 Å². The van der Waals surface area contributed by atoms with Crippen molar-refractivity contribution in [1.82, 2.24) is 10.3 Å². The molecule has 0 aliphatic rings. The fourth-order valence-corrected chi connectivity index (χ4v) is 2.60. The van der Waals surface area contributed by atoms with E-state index in [0.29, 0.717) is 24.3 Å². The number of amides is 1. The Morgan fingerprint density at radius 3 is 2.54 bits per heavy atom. The summed E-state index contributed by atoms with van der Waals surface area (Å²) < 4.78 is 5.09. The predicted octanol–water partition coefficient (Wildman–Crippen LogP) is 3.26. The Hall–Kier alpha value is -2.36. The number of nitrogens with zero attached hydrogens (tertiary/aromatic N) is 1. The van der Waals surface area contributed by atoms with E-state index in [9.17, 15) is 4.79 Å². The van der Waals surface area contributed by atoms with Gasteiger partial charge in [0.15, 0.2) is 0 Å². The first-order valence-electron chi connectivity index (χ1n) is 8.39. The maximum absolute atomic E-state index is 12.2. The number of carbonyl (C=O) groups excluding carboxylic acids is 1. The minimum atomic E-state index is -0.00513. The second-order valence-corrected chi connectivity index (χ2v) is 6.35. The summed E-state index contributed by atoms with van der Waals surface area (Å²) in [4.78, 5) is 16.5. The van der Waals surface area contributed by atoms with Crippen LogP contribution in [-0.2, 0) is 17.6 Å². The van der Waals surface area contributed by atoms with E-state index in [1.165, 1.54) is 5.56 Å². The molecular formula is C20H26N2O2. The van der Waals surface area contributed by atoms with Gasteiger partial charge in [-0.15, -0.1) is 0 Å². The molecule has 0 aliphatic carbocycles. The first-order valence-corrected chi connectivity index (χ1v) is 8.39. The summed E-state index contributed by atoms with van der Waals surface area (Å²) in [5.41, 5.74) is 2.02.